The average molecular weight is 870 g/mol. The Kier molecular flexibility index (Phi) is 12.2. The van der Waals surface area contributed by atoms with Gasteiger partial charge in [0, 0.05) is 36.8 Å². The molecule has 13 atom stereocenters. The molecule has 60 heavy (non-hydrogen) atoms. The fourth-order valence-electron chi connectivity index (χ4n) is 11.6. The summed E-state index contributed by atoms with van der Waals surface area (Å²) >= 11 is 12.5. The van der Waals surface area contributed by atoms with Crippen LogP contribution in [0.3, 0.4) is 0 Å². The summed E-state index contributed by atoms with van der Waals surface area (Å²) in [5.41, 5.74) is -3.23. The zero-order valence-corrected chi connectivity index (χ0v) is 36.9. The highest BCUT2D eigenvalue weighted by Gasteiger charge is 2.67. The number of nitrogens with one attached hydrogen (secondary N) is 1. The van der Waals surface area contributed by atoms with Gasteiger partial charge in [0.25, 0.3) is 5.91 Å². The molecule has 3 heterocycles. The molecule has 6 aliphatic rings. The van der Waals surface area contributed by atoms with Gasteiger partial charge in [-0.05, 0) is 89.0 Å². The molecule has 0 aromatic carbocycles. The molecule has 326 valence electrons. The summed E-state index contributed by atoms with van der Waals surface area (Å²) in [6.45, 7) is 11.4. The molecule has 2 bridgehead atoms. The number of carbonyl (C=O) groups excluding carboxylic acids is 3. The topological polar surface area (TPSA) is 174 Å². The molecule has 1 aromatic rings. The van der Waals surface area contributed by atoms with Crippen LogP contribution in [0.1, 0.15) is 103 Å². The number of esters is 1. The number of carboxylic acid groups (broad SMARTS) is 1. The third-order valence-electron chi connectivity index (χ3n) is 14.8. The lowest BCUT2D eigenvalue weighted by atomic mass is 9.51. The number of hydrogen-bond donors (Lipinski definition) is 4. The van der Waals surface area contributed by atoms with Gasteiger partial charge in [0.05, 0.1) is 34.8 Å². The van der Waals surface area contributed by atoms with Crippen molar-refractivity contribution >= 4 is 46.8 Å². The van der Waals surface area contributed by atoms with Crippen LogP contribution in [0.5, 0.6) is 0 Å². The number of amides is 1. The van der Waals surface area contributed by atoms with E-state index in [1.54, 1.807) is 27.0 Å². The highest BCUT2D eigenvalue weighted by Crippen LogP contribution is 2.61. The van der Waals surface area contributed by atoms with Crippen molar-refractivity contribution < 1.29 is 48.7 Å². The highest BCUT2D eigenvalue weighted by molar-refractivity contribution is 6.37. The van der Waals surface area contributed by atoms with Crippen molar-refractivity contribution in [2.45, 2.75) is 129 Å². The lowest BCUT2D eigenvalue weighted by Crippen LogP contribution is -2.58. The molecule has 1 spiro atoms. The monoisotopic (exact) mass is 868 g/mol. The number of halogens is 2. The van der Waals surface area contributed by atoms with E-state index in [2.05, 4.69) is 36.5 Å². The molecule has 3 fully saturated rings. The van der Waals surface area contributed by atoms with E-state index in [-0.39, 0.29) is 64.1 Å². The van der Waals surface area contributed by atoms with Gasteiger partial charge in [0.1, 0.15) is 22.2 Å². The van der Waals surface area contributed by atoms with Crippen LogP contribution in [0.25, 0.3) is 0 Å². The second kappa shape index (κ2) is 16.5. The Labute approximate surface area is 361 Å². The van der Waals surface area contributed by atoms with Gasteiger partial charge in [-0.2, -0.15) is 0 Å². The molecule has 0 radical (unpaired) electrons. The Morgan fingerprint density at radius 2 is 1.83 bits per heavy atom. The van der Waals surface area contributed by atoms with Gasteiger partial charge in [-0.15, -0.1) is 0 Å². The standard InChI is InChI=1S/C46H58Cl2N2O10/c1-8-26-21-46-40(53)35(43(57)60-46)39(52)45(9-2)27(13-11-10-12-23(3)20-44(46,6)22-29(26)42(55)56)15-16-28-30(45)17-14-24(4)38(28)59-34-19-32(51)36(25(5)58-34)49-41(54)37-31(47)18-33(48)50(37)7/h10-11,15-16,18,20,22,24-28,30,32,34,36,38,51-52H,8-9,12-14,17,19,21H2,1-7H3,(H,49,54)(H,55,56)/b11-10+,23-20+,39-35?. The predicted octanol–water partition coefficient (Wildman–Crippen LogP) is 7.98. The maximum atomic E-state index is 15.2. The number of ether oxygens (including phenoxy) is 3. The first-order valence-electron chi connectivity index (χ1n) is 21.3. The molecular formula is C46H58Cl2N2O10. The lowest BCUT2D eigenvalue weighted by molar-refractivity contribution is -0.258. The van der Waals surface area contributed by atoms with Crippen LogP contribution in [0.4, 0.5) is 0 Å². The molecule has 2 saturated heterocycles. The smallest absolute Gasteiger partial charge is 0.346 e. The van der Waals surface area contributed by atoms with E-state index < -0.39 is 76.6 Å². The number of carbonyl (C=O) groups is 4. The minimum absolute atomic E-state index is 0.0224. The maximum Gasteiger partial charge on any atom is 0.346 e. The van der Waals surface area contributed by atoms with E-state index in [9.17, 15) is 29.7 Å². The molecule has 4 aliphatic carbocycles. The number of hydrogen-bond acceptors (Lipinski definition) is 9. The molecule has 7 rings (SSSR count). The largest absolute Gasteiger partial charge is 0.511 e. The summed E-state index contributed by atoms with van der Waals surface area (Å²) in [6.07, 6.45) is 12.3. The number of aliphatic carboxylic acids is 1. The normalized spacial score (nSPS) is 40.6. The van der Waals surface area contributed by atoms with Crippen LogP contribution < -0.4 is 5.32 Å². The molecule has 14 heteroatoms. The summed E-state index contributed by atoms with van der Waals surface area (Å²) in [4.78, 5) is 55.3. The Balaban J connectivity index is 1.23. The Hall–Kier alpha value is -3.68. The van der Waals surface area contributed by atoms with Gasteiger partial charge in [-0.1, -0.05) is 86.0 Å². The van der Waals surface area contributed by atoms with Gasteiger partial charge >= 0.3 is 11.9 Å². The number of aliphatic hydroxyl groups excluding tert-OH is 2. The van der Waals surface area contributed by atoms with E-state index in [1.807, 2.05) is 26.8 Å². The maximum absolute atomic E-state index is 15.2. The van der Waals surface area contributed by atoms with Crippen LogP contribution in [-0.4, -0.2) is 79.8 Å². The minimum Gasteiger partial charge on any atom is -0.511 e. The van der Waals surface area contributed by atoms with Crippen molar-refractivity contribution in [3.05, 3.63) is 80.9 Å². The highest BCUT2D eigenvalue weighted by atomic mass is 35.5. The first-order valence-corrected chi connectivity index (χ1v) is 22.1. The molecule has 12 nitrogen and oxygen atoms in total. The number of aliphatic hydroxyl groups is 2. The zero-order valence-electron chi connectivity index (χ0n) is 35.4. The molecule has 1 amide bonds. The first kappa shape index (κ1) is 44.4. The van der Waals surface area contributed by atoms with Crippen molar-refractivity contribution in [1.82, 2.24) is 9.88 Å². The van der Waals surface area contributed by atoms with Crippen molar-refractivity contribution in [2.75, 3.05) is 0 Å². The van der Waals surface area contributed by atoms with E-state index >= 15 is 4.79 Å². The molecule has 13 unspecified atom stereocenters. The molecule has 1 aromatic heterocycles. The fourth-order valence-corrected chi connectivity index (χ4v) is 12.2. The van der Waals surface area contributed by atoms with Gasteiger partial charge in [-0.3, -0.25) is 9.59 Å². The third kappa shape index (κ3) is 7.12. The number of nitrogens with zero attached hydrogens (tertiary/aromatic N) is 1. The predicted molar refractivity (Wildman–Crippen MR) is 225 cm³/mol. The zero-order chi connectivity index (χ0) is 43.6. The third-order valence-corrected chi connectivity index (χ3v) is 15.5. The summed E-state index contributed by atoms with van der Waals surface area (Å²) in [5.74, 6) is -4.68. The van der Waals surface area contributed by atoms with Crippen LogP contribution >= 0.6 is 23.2 Å². The summed E-state index contributed by atoms with van der Waals surface area (Å²) in [6, 6.07) is 0.722. The van der Waals surface area contributed by atoms with E-state index in [4.69, 9.17) is 37.4 Å². The number of fused-ring (bicyclic) bond motifs is 4. The number of Topliss-reactive ketones (excluding diaryl/α,β-unsaturated/α-hetero) is 1. The van der Waals surface area contributed by atoms with Crippen molar-refractivity contribution in [1.29, 1.82) is 0 Å². The number of allylic oxidation sites excluding steroid dienone is 5. The van der Waals surface area contributed by atoms with E-state index in [0.717, 1.165) is 12.0 Å². The molecular weight excluding hydrogens is 811 g/mol. The summed E-state index contributed by atoms with van der Waals surface area (Å²) < 4.78 is 20.9. The summed E-state index contributed by atoms with van der Waals surface area (Å²) in [7, 11) is 1.62. The number of aromatic nitrogens is 1. The first-order chi connectivity index (χ1) is 28.3. The molecule has 2 aliphatic heterocycles. The molecule has 4 N–H and O–H groups in total. The van der Waals surface area contributed by atoms with E-state index in [1.165, 1.54) is 10.6 Å². The van der Waals surface area contributed by atoms with Gasteiger partial charge in [0.2, 0.25) is 5.78 Å². The van der Waals surface area contributed by atoms with Gasteiger partial charge < -0.3 is 39.4 Å². The Morgan fingerprint density at radius 3 is 2.47 bits per heavy atom. The van der Waals surface area contributed by atoms with Crippen molar-refractivity contribution in [3.63, 3.8) is 0 Å². The number of ketones is 1. The number of rotatable bonds is 7. The van der Waals surface area contributed by atoms with Crippen molar-refractivity contribution in [3.8, 4) is 0 Å². The van der Waals surface area contributed by atoms with Gasteiger partial charge in [0.15, 0.2) is 11.9 Å². The quantitative estimate of drug-likeness (QED) is 0.120. The van der Waals surface area contributed by atoms with Gasteiger partial charge in [-0.25, -0.2) is 9.59 Å². The Bertz CT molecular complexity index is 2090. The average Bonchev–Trinajstić information content (AvgIpc) is 3.60. The van der Waals surface area contributed by atoms with Crippen molar-refractivity contribution in [2.24, 2.45) is 47.5 Å². The SMILES string of the molecule is CCC1CC23OC(=O)C(=C(O)C4(CC)C(C=CC5C(OC6CC(O)C(NC(=O)c7c(Cl)cc(Cl)n7C)C(C)O6)C(C)CCC54)C/C=C/C/C(C)=C/C2(C)C=C1C(=O)O)C3=O. The number of carboxylic acids is 1. The second-order valence-electron chi connectivity index (χ2n) is 18.2. The van der Waals surface area contributed by atoms with E-state index in [0.29, 0.717) is 37.3 Å². The Morgan fingerprint density at radius 1 is 1.10 bits per heavy atom. The fraction of sp³-hybridized carbons (Fsp3) is 0.609. The lowest BCUT2D eigenvalue weighted by Gasteiger charge is -2.55. The molecule has 1 saturated carbocycles. The van der Waals surface area contributed by atoms with Crippen LogP contribution in [0.2, 0.25) is 10.2 Å². The minimum atomic E-state index is -1.75. The summed E-state index contributed by atoms with van der Waals surface area (Å²) in [5, 5.41) is 37.9. The second-order valence-corrected chi connectivity index (χ2v) is 19.0. The van der Waals surface area contributed by atoms with Crippen LogP contribution in [-0.2, 0) is 35.6 Å². The van der Waals surface area contributed by atoms with Crippen LogP contribution in [0.15, 0.2) is 65.0 Å². The van der Waals surface area contributed by atoms with Crippen LogP contribution in [0, 0.1) is 40.4 Å².